The molecular weight excluding hydrogens is 678 g/mol. The maximum Gasteiger partial charge on any atom is 0.409 e. The Balaban J connectivity index is 1.73. The number of ether oxygens (including phenoxy) is 4. The fourth-order valence-corrected chi connectivity index (χ4v) is 7.19. The van der Waals surface area contributed by atoms with Gasteiger partial charge in [0.15, 0.2) is 5.72 Å². The van der Waals surface area contributed by atoms with Crippen molar-refractivity contribution >= 4 is 41.2 Å². The van der Waals surface area contributed by atoms with Gasteiger partial charge in [0, 0.05) is 40.0 Å². The zero-order chi connectivity index (χ0) is 37.8. The molecule has 3 aliphatic heterocycles. The van der Waals surface area contributed by atoms with E-state index in [1.807, 2.05) is 45.9 Å². The molecule has 13 heteroatoms. The summed E-state index contributed by atoms with van der Waals surface area (Å²) in [6, 6.07) is 2.90. The highest BCUT2D eigenvalue weighted by atomic mass is 35.5. The van der Waals surface area contributed by atoms with E-state index in [9.17, 15) is 24.3 Å². The molecule has 2 N–H and O–H groups in total. The van der Waals surface area contributed by atoms with E-state index in [0.29, 0.717) is 30.0 Å². The van der Waals surface area contributed by atoms with E-state index in [-0.39, 0.29) is 24.7 Å². The van der Waals surface area contributed by atoms with Crippen molar-refractivity contribution in [2.24, 2.45) is 5.92 Å². The molecule has 4 rings (SSSR count). The molecule has 0 aromatic heterocycles. The number of unbranched alkanes of at least 4 members (excludes halogenated alkanes) is 2. The minimum Gasteiger partial charge on any atom is -0.457 e. The summed E-state index contributed by atoms with van der Waals surface area (Å²) >= 11 is 6.76. The minimum absolute atomic E-state index is 0.0287. The molecule has 3 aliphatic rings. The van der Waals surface area contributed by atoms with Gasteiger partial charge in [-0.05, 0) is 57.7 Å². The van der Waals surface area contributed by atoms with Crippen molar-refractivity contribution in [2.45, 2.75) is 128 Å². The zero-order valence-corrected chi connectivity index (χ0v) is 32.0. The predicted molar refractivity (Wildman–Crippen MR) is 193 cm³/mol. The van der Waals surface area contributed by atoms with Crippen LogP contribution in [0.2, 0.25) is 5.02 Å². The van der Waals surface area contributed by atoms with Gasteiger partial charge in [-0.25, -0.2) is 9.59 Å². The maximum atomic E-state index is 14.1. The lowest BCUT2D eigenvalue weighted by Gasteiger charge is -2.42. The number of allylic oxidation sites excluding steroid dienone is 3. The number of hydrogen-bond acceptors (Lipinski definition) is 9. The molecule has 12 nitrogen and oxygen atoms in total. The molecule has 0 aliphatic carbocycles. The third-order valence-corrected chi connectivity index (χ3v) is 11.0. The van der Waals surface area contributed by atoms with Gasteiger partial charge in [-0.1, -0.05) is 68.2 Å². The number of rotatable bonds is 8. The van der Waals surface area contributed by atoms with Gasteiger partial charge < -0.3 is 33.9 Å². The Bertz CT molecular complexity index is 1550. The van der Waals surface area contributed by atoms with Gasteiger partial charge in [-0.15, -0.1) is 0 Å². The summed E-state index contributed by atoms with van der Waals surface area (Å²) in [5, 5.41) is 14.7. The number of fused-ring (bicyclic) bond motifs is 5. The van der Waals surface area contributed by atoms with Crippen LogP contribution in [-0.2, 0) is 39.8 Å². The molecule has 4 bridgehead atoms. The molecule has 1 unspecified atom stereocenters. The summed E-state index contributed by atoms with van der Waals surface area (Å²) in [6.45, 7) is 11.0. The Labute approximate surface area is 306 Å². The molecule has 2 fully saturated rings. The molecule has 0 saturated carbocycles. The van der Waals surface area contributed by atoms with Crippen molar-refractivity contribution in [3.05, 3.63) is 52.1 Å². The molecule has 8 atom stereocenters. The largest absolute Gasteiger partial charge is 0.457 e. The van der Waals surface area contributed by atoms with E-state index < -0.39 is 59.8 Å². The summed E-state index contributed by atoms with van der Waals surface area (Å²) in [7, 11) is 4.64. The minimum atomic E-state index is -1.80. The number of aliphatic hydroxyl groups is 1. The van der Waals surface area contributed by atoms with Crippen LogP contribution in [0.15, 0.2) is 35.9 Å². The van der Waals surface area contributed by atoms with Crippen molar-refractivity contribution in [3.63, 3.8) is 0 Å². The number of carbonyl (C=O) groups excluding carboxylic acids is 4. The molecule has 0 spiro atoms. The van der Waals surface area contributed by atoms with Gasteiger partial charge >= 0.3 is 12.1 Å². The lowest BCUT2D eigenvalue weighted by atomic mass is 9.83. The van der Waals surface area contributed by atoms with Gasteiger partial charge in [0.2, 0.25) is 11.8 Å². The highest BCUT2D eigenvalue weighted by molar-refractivity contribution is 6.34. The van der Waals surface area contributed by atoms with Crippen LogP contribution >= 0.6 is 11.6 Å². The second kappa shape index (κ2) is 16.5. The standard InChI is InChI=1S/C38H54ClN3O9/c1-10-11-12-16-31(43)41(7)25(5)35(45)50-30-20-32(44)42(8)27-19-26(18-23(3)33(27)39)17-22(2)14-13-15-29(48-9)38(47)21-28(49-36(46)40-38)24(4)34-37(30,6)51-34/h13-15,18-19,24-25,28-30,34,47H,10-12,16-17,20-21H2,1-9H3,(H,40,46)/b15-13+,22-14+/t24-,25+,28+,29-,30+,34?,37+,38-/m1/s1. The smallest absolute Gasteiger partial charge is 0.409 e. The van der Waals surface area contributed by atoms with E-state index >= 15 is 0 Å². The molecule has 3 heterocycles. The van der Waals surface area contributed by atoms with E-state index in [1.165, 1.54) is 16.9 Å². The SMILES string of the molecule is CCCCCC(=O)N(C)[C@@H](C)C(=O)O[C@H]1CC(=O)N(C)c2cc(cc(C)c2Cl)C/C(C)=C/C=C/[C@@H](OC)[C@]2(O)C[C@H](OC(=O)N2)[C@@H](C)C2O[C@]21C. The van der Waals surface area contributed by atoms with Crippen molar-refractivity contribution in [3.8, 4) is 0 Å². The Kier molecular flexibility index (Phi) is 13.0. The van der Waals surface area contributed by atoms with Gasteiger partial charge in [-0.2, -0.15) is 0 Å². The molecule has 0 radical (unpaired) electrons. The van der Waals surface area contributed by atoms with Crippen molar-refractivity contribution < 1.29 is 43.2 Å². The van der Waals surface area contributed by atoms with Gasteiger partial charge in [0.1, 0.15) is 30.0 Å². The number of hydrogen-bond donors (Lipinski definition) is 2. The predicted octanol–water partition coefficient (Wildman–Crippen LogP) is 5.39. The van der Waals surface area contributed by atoms with Crippen LogP contribution in [0.3, 0.4) is 0 Å². The first kappa shape index (κ1) is 40.3. The molecule has 1 aromatic rings. The second-order valence-electron chi connectivity index (χ2n) is 14.5. The number of alkyl carbamates (subject to hydrolysis) is 1. The third-order valence-electron chi connectivity index (χ3n) is 10.5. The zero-order valence-electron chi connectivity index (χ0n) is 31.3. The highest BCUT2D eigenvalue weighted by Gasteiger charge is 2.64. The number of esters is 1. The number of carbonyl (C=O) groups is 4. The third kappa shape index (κ3) is 9.14. The first-order valence-corrected chi connectivity index (χ1v) is 18.1. The average molecular weight is 732 g/mol. The summed E-state index contributed by atoms with van der Waals surface area (Å²) in [6.07, 6.45) is 4.23. The van der Waals surface area contributed by atoms with E-state index in [2.05, 4.69) is 5.32 Å². The van der Waals surface area contributed by atoms with Crippen LogP contribution in [0.4, 0.5) is 10.5 Å². The van der Waals surface area contributed by atoms with Crippen LogP contribution in [0.25, 0.3) is 0 Å². The Morgan fingerprint density at radius 2 is 1.94 bits per heavy atom. The van der Waals surface area contributed by atoms with Gasteiger partial charge in [0.05, 0.1) is 23.2 Å². The van der Waals surface area contributed by atoms with Crippen LogP contribution < -0.4 is 10.2 Å². The number of epoxide rings is 1. The van der Waals surface area contributed by atoms with Crippen LogP contribution in [0, 0.1) is 12.8 Å². The molecular formula is C38H54ClN3O9. The highest BCUT2D eigenvalue weighted by Crippen LogP contribution is 2.49. The number of methoxy groups -OCH3 is 1. The number of anilines is 1. The van der Waals surface area contributed by atoms with E-state index in [0.717, 1.165) is 29.5 Å². The molecule has 2 saturated heterocycles. The van der Waals surface area contributed by atoms with Crippen LogP contribution in [0.1, 0.15) is 84.3 Å². The molecule has 3 amide bonds. The monoisotopic (exact) mass is 731 g/mol. The van der Waals surface area contributed by atoms with Crippen molar-refractivity contribution in [1.29, 1.82) is 0 Å². The van der Waals surface area contributed by atoms with E-state index in [4.69, 9.17) is 30.5 Å². The normalized spacial score (nSPS) is 32.0. The Hall–Kier alpha value is -3.45. The number of halogens is 1. The second-order valence-corrected chi connectivity index (χ2v) is 14.9. The number of nitrogens with zero attached hydrogens (tertiary/aromatic N) is 2. The maximum absolute atomic E-state index is 14.1. The number of nitrogens with one attached hydrogen (secondary N) is 1. The Morgan fingerprint density at radius 3 is 2.61 bits per heavy atom. The Morgan fingerprint density at radius 1 is 1.24 bits per heavy atom. The molecule has 282 valence electrons. The number of aryl methyl sites for hydroxylation is 1. The van der Waals surface area contributed by atoms with Crippen molar-refractivity contribution in [1.82, 2.24) is 10.2 Å². The number of benzene rings is 1. The van der Waals surface area contributed by atoms with Gasteiger partial charge in [-0.3, -0.25) is 14.9 Å². The molecule has 1 aromatic carbocycles. The summed E-state index contributed by atoms with van der Waals surface area (Å²) in [5.74, 6) is -1.73. The fraction of sp³-hybridized carbons (Fsp3) is 0.632. The lowest BCUT2D eigenvalue weighted by molar-refractivity contribution is -0.162. The lowest BCUT2D eigenvalue weighted by Crippen LogP contribution is -2.63. The summed E-state index contributed by atoms with van der Waals surface area (Å²) in [5.41, 5.74) is 0.229. The number of likely N-dealkylation sites (N-methyl/N-ethyl adjacent to an activating group) is 1. The van der Waals surface area contributed by atoms with Crippen LogP contribution in [-0.4, -0.2) is 96.9 Å². The fourth-order valence-electron chi connectivity index (χ4n) is 6.96. The van der Waals surface area contributed by atoms with Gasteiger partial charge in [0.25, 0.3) is 0 Å². The topological polar surface area (TPSA) is 147 Å². The summed E-state index contributed by atoms with van der Waals surface area (Å²) < 4.78 is 23.6. The van der Waals surface area contributed by atoms with Crippen molar-refractivity contribution in [2.75, 3.05) is 26.1 Å². The van der Waals surface area contributed by atoms with E-state index in [1.54, 1.807) is 40.1 Å². The first-order chi connectivity index (χ1) is 23.9. The average Bonchev–Trinajstić information content (AvgIpc) is 3.77. The molecule has 51 heavy (non-hydrogen) atoms. The number of amides is 3. The summed E-state index contributed by atoms with van der Waals surface area (Å²) in [4.78, 5) is 56.2. The van der Waals surface area contributed by atoms with Crippen LogP contribution in [0.5, 0.6) is 0 Å². The quantitative estimate of drug-likeness (QED) is 0.204. The first-order valence-electron chi connectivity index (χ1n) is 17.7.